The van der Waals surface area contributed by atoms with E-state index in [9.17, 15) is 9.59 Å². The van der Waals surface area contributed by atoms with Crippen LogP contribution >= 0.6 is 23.2 Å². The van der Waals surface area contributed by atoms with Gasteiger partial charge in [0.2, 0.25) is 0 Å². The number of nitrogens with one attached hydrogen (secondary N) is 1. The van der Waals surface area contributed by atoms with Gasteiger partial charge in [0.15, 0.2) is 0 Å². The Morgan fingerprint density at radius 1 is 1.00 bits per heavy atom. The Kier molecular flexibility index (Phi) is 5.40. The summed E-state index contributed by atoms with van der Waals surface area (Å²) in [7, 11) is 0. The summed E-state index contributed by atoms with van der Waals surface area (Å²) in [6, 6.07) is 10.4. The molecule has 0 radical (unpaired) electrons. The molecule has 3 rings (SSSR count). The number of hydrogen-bond acceptors (Lipinski definition) is 4. The van der Waals surface area contributed by atoms with Crippen molar-refractivity contribution in [2.75, 3.05) is 36.4 Å². The van der Waals surface area contributed by atoms with Crippen molar-refractivity contribution < 1.29 is 9.59 Å². The third kappa shape index (κ3) is 4.21. The van der Waals surface area contributed by atoms with Gasteiger partial charge in [-0.25, -0.2) is 4.98 Å². The maximum absolute atomic E-state index is 12.3. The molecule has 0 spiro atoms. The van der Waals surface area contributed by atoms with Crippen molar-refractivity contribution in [3.63, 3.8) is 0 Å². The molecule has 0 saturated carbocycles. The van der Waals surface area contributed by atoms with Crippen LogP contribution in [0.2, 0.25) is 10.0 Å². The van der Waals surface area contributed by atoms with Gasteiger partial charge in [0, 0.05) is 38.1 Å². The number of anilines is 2. The average Bonchev–Trinajstić information content (AvgIpc) is 2.65. The van der Waals surface area contributed by atoms with Gasteiger partial charge < -0.3 is 15.1 Å². The van der Waals surface area contributed by atoms with Gasteiger partial charge in [-0.15, -0.1) is 0 Å². The molecule has 1 aliphatic rings. The molecule has 130 valence electrons. The highest BCUT2D eigenvalue weighted by molar-refractivity contribution is 6.42. The lowest BCUT2D eigenvalue weighted by molar-refractivity contribution is -0.143. The lowest BCUT2D eigenvalue weighted by Crippen LogP contribution is -2.51. The van der Waals surface area contributed by atoms with E-state index in [0.29, 0.717) is 41.9 Å². The Hall–Kier alpha value is -2.31. The Morgan fingerprint density at radius 2 is 1.76 bits per heavy atom. The van der Waals surface area contributed by atoms with Crippen LogP contribution in [0, 0.1) is 0 Å². The molecular weight excluding hydrogens is 363 g/mol. The SMILES string of the molecule is O=C(Nc1ccc(Cl)c(Cl)c1)C(=O)N1CCN(c2ccccn2)CC1. The molecule has 1 aliphatic heterocycles. The largest absolute Gasteiger partial charge is 0.353 e. The van der Waals surface area contributed by atoms with Crippen LogP contribution in [0.3, 0.4) is 0 Å². The number of nitrogens with zero attached hydrogens (tertiary/aromatic N) is 3. The van der Waals surface area contributed by atoms with Crippen molar-refractivity contribution in [1.82, 2.24) is 9.88 Å². The molecule has 0 aliphatic carbocycles. The van der Waals surface area contributed by atoms with E-state index >= 15 is 0 Å². The summed E-state index contributed by atoms with van der Waals surface area (Å²) < 4.78 is 0. The van der Waals surface area contributed by atoms with E-state index in [1.165, 1.54) is 11.0 Å². The number of aromatic nitrogens is 1. The standard InChI is InChI=1S/C17H16Cl2N4O2/c18-13-5-4-12(11-14(13)19)21-16(24)17(25)23-9-7-22(8-10-23)15-3-1-2-6-20-15/h1-6,11H,7-10H2,(H,21,24). The Morgan fingerprint density at radius 3 is 2.40 bits per heavy atom. The first-order valence-corrected chi connectivity index (χ1v) is 8.51. The van der Waals surface area contributed by atoms with Crippen molar-refractivity contribution in [1.29, 1.82) is 0 Å². The van der Waals surface area contributed by atoms with Crippen LogP contribution in [0.4, 0.5) is 11.5 Å². The van der Waals surface area contributed by atoms with E-state index in [0.717, 1.165) is 5.82 Å². The highest BCUT2D eigenvalue weighted by Crippen LogP contribution is 2.25. The summed E-state index contributed by atoms with van der Waals surface area (Å²) in [5, 5.41) is 3.25. The number of amides is 2. The third-order valence-corrected chi connectivity index (χ3v) is 4.65. The van der Waals surface area contributed by atoms with Crippen molar-refractivity contribution in [2.45, 2.75) is 0 Å². The van der Waals surface area contributed by atoms with Crippen molar-refractivity contribution >= 4 is 46.5 Å². The van der Waals surface area contributed by atoms with Gasteiger partial charge in [0.25, 0.3) is 0 Å². The fourth-order valence-electron chi connectivity index (χ4n) is 2.58. The molecule has 8 heteroatoms. The highest BCUT2D eigenvalue weighted by Gasteiger charge is 2.26. The van der Waals surface area contributed by atoms with Crippen LogP contribution in [0.5, 0.6) is 0 Å². The summed E-state index contributed by atoms with van der Waals surface area (Å²) in [6.07, 6.45) is 1.73. The lowest BCUT2D eigenvalue weighted by atomic mass is 10.2. The molecule has 25 heavy (non-hydrogen) atoms. The number of benzene rings is 1. The smallest absolute Gasteiger partial charge is 0.313 e. The minimum Gasteiger partial charge on any atom is -0.353 e. The molecule has 0 bridgehead atoms. The molecule has 2 aromatic rings. The number of piperazine rings is 1. The van der Waals surface area contributed by atoms with Crippen LogP contribution in [-0.4, -0.2) is 47.9 Å². The number of carbonyl (C=O) groups is 2. The lowest BCUT2D eigenvalue weighted by Gasteiger charge is -2.34. The predicted molar refractivity (Wildman–Crippen MR) is 98.1 cm³/mol. The minimum absolute atomic E-state index is 0.316. The van der Waals surface area contributed by atoms with E-state index in [4.69, 9.17) is 23.2 Å². The Labute approximate surface area is 155 Å². The summed E-state index contributed by atoms with van der Waals surface area (Å²) in [6.45, 7) is 2.18. The average molecular weight is 379 g/mol. The Balaban J connectivity index is 1.56. The quantitative estimate of drug-likeness (QED) is 0.815. The van der Waals surface area contributed by atoms with Crippen LogP contribution in [-0.2, 0) is 9.59 Å². The predicted octanol–water partition coefficient (Wildman–Crippen LogP) is 2.68. The van der Waals surface area contributed by atoms with Crippen LogP contribution in [0.25, 0.3) is 0 Å². The minimum atomic E-state index is -0.690. The van der Waals surface area contributed by atoms with Gasteiger partial charge in [-0.3, -0.25) is 9.59 Å². The fourth-order valence-corrected chi connectivity index (χ4v) is 2.88. The third-order valence-electron chi connectivity index (χ3n) is 3.91. The molecule has 1 fully saturated rings. The monoisotopic (exact) mass is 378 g/mol. The fraction of sp³-hybridized carbons (Fsp3) is 0.235. The van der Waals surface area contributed by atoms with E-state index in [1.54, 1.807) is 18.3 Å². The van der Waals surface area contributed by atoms with Crippen LogP contribution in [0.15, 0.2) is 42.6 Å². The number of hydrogen-bond donors (Lipinski definition) is 1. The molecule has 1 saturated heterocycles. The first kappa shape index (κ1) is 17.5. The van der Waals surface area contributed by atoms with Crippen molar-refractivity contribution in [2.24, 2.45) is 0 Å². The first-order chi connectivity index (χ1) is 12.0. The highest BCUT2D eigenvalue weighted by atomic mass is 35.5. The molecule has 1 N–H and O–H groups in total. The molecule has 1 aromatic heterocycles. The zero-order valence-electron chi connectivity index (χ0n) is 13.3. The van der Waals surface area contributed by atoms with Crippen molar-refractivity contribution in [3.8, 4) is 0 Å². The van der Waals surface area contributed by atoms with Gasteiger partial charge in [-0.05, 0) is 30.3 Å². The molecule has 6 nitrogen and oxygen atoms in total. The van der Waals surface area contributed by atoms with Crippen LogP contribution in [0.1, 0.15) is 0 Å². The maximum Gasteiger partial charge on any atom is 0.313 e. The van der Waals surface area contributed by atoms with Gasteiger partial charge in [0.1, 0.15) is 5.82 Å². The van der Waals surface area contributed by atoms with Crippen molar-refractivity contribution in [3.05, 3.63) is 52.6 Å². The summed E-state index contributed by atoms with van der Waals surface area (Å²) in [5.74, 6) is -0.383. The van der Waals surface area contributed by atoms with E-state index in [1.807, 2.05) is 18.2 Å². The molecule has 2 heterocycles. The zero-order chi connectivity index (χ0) is 17.8. The first-order valence-electron chi connectivity index (χ1n) is 7.76. The number of carbonyl (C=O) groups excluding carboxylic acids is 2. The summed E-state index contributed by atoms with van der Waals surface area (Å²) in [5.41, 5.74) is 0.430. The topological polar surface area (TPSA) is 65.5 Å². The van der Waals surface area contributed by atoms with Gasteiger partial charge in [0.05, 0.1) is 10.0 Å². The molecule has 0 atom stereocenters. The van der Waals surface area contributed by atoms with Gasteiger partial charge in [-0.2, -0.15) is 0 Å². The number of pyridine rings is 1. The van der Waals surface area contributed by atoms with E-state index < -0.39 is 11.8 Å². The van der Waals surface area contributed by atoms with Gasteiger partial charge >= 0.3 is 11.8 Å². The number of halogens is 2. The molecule has 1 aromatic carbocycles. The molecule has 2 amide bonds. The Bertz CT molecular complexity index is 777. The number of rotatable bonds is 2. The van der Waals surface area contributed by atoms with E-state index in [-0.39, 0.29) is 0 Å². The second-order valence-electron chi connectivity index (χ2n) is 5.55. The molecule has 0 unspecified atom stereocenters. The normalized spacial score (nSPS) is 14.3. The molecular formula is C17H16Cl2N4O2. The maximum atomic E-state index is 12.3. The zero-order valence-corrected chi connectivity index (χ0v) is 14.8. The van der Waals surface area contributed by atoms with Gasteiger partial charge in [-0.1, -0.05) is 29.3 Å². The van der Waals surface area contributed by atoms with E-state index in [2.05, 4.69) is 15.2 Å². The second kappa shape index (κ2) is 7.72. The second-order valence-corrected chi connectivity index (χ2v) is 6.36. The summed E-state index contributed by atoms with van der Waals surface area (Å²) >= 11 is 11.7. The summed E-state index contributed by atoms with van der Waals surface area (Å²) in [4.78, 5) is 32.4. The van der Waals surface area contributed by atoms with Crippen LogP contribution < -0.4 is 10.2 Å².